The number of hydrogen-bond donors (Lipinski definition) is 2. The number of para-hydroxylation sites is 1. The van der Waals surface area contributed by atoms with Crippen LogP contribution < -0.4 is 16.2 Å². The van der Waals surface area contributed by atoms with Gasteiger partial charge in [-0.2, -0.15) is 0 Å². The van der Waals surface area contributed by atoms with Crippen LogP contribution in [0.3, 0.4) is 0 Å². The van der Waals surface area contributed by atoms with Crippen molar-refractivity contribution in [1.29, 1.82) is 0 Å². The Hall–Kier alpha value is -3.46. The molecule has 33 heavy (non-hydrogen) atoms. The maximum absolute atomic E-state index is 12.8. The largest absolute Gasteiger partial charge is 0.507 e. The zero-order valence-electron chi connectivity index (χ0n) is 18.6. The molecule has 8 heteroatoms. The molecule has 2 aromatic carbocycles. The van der Waals surface area contributed by atoms with Crippen molar-refractivity contribution in [3.63, 3.8) is 0 Å². The summed E-state index contributed by atoms with van der Waals surface area (Å²) in [7, 11) is 3.26. The van der Waals surface area contributed by atoms with Gasteiger partial charge in [0.2, 0.25) is 0 Å². The Balaban J connectivity index is 1.87. The summed E-state index contributed by atoms with van der Waals surface area (Å²) < 4.78 is 21.4. The number of benzene rings is 2. The minimum Gasteiger partial charge on any atom is -0.507 e. The Morgan fingerprint density at radius 1 is 0.909 bits per heavy atom. The fraction of sp³-hybridized carbons (Fsp3) is 0.280. The van der Waals surface area contributed by atoms with Crippen LogP contribution in [0.5, 0.6) is 5.75 Å². The van der Waals surface area contributed by atoms with Gasteiger partial charge in [-0.3, -0.25) is 0 Å². The van der Waals surface area contributed by atoms with Crippen molar-refractivity contribution < 1.29 is 28.3 Å². The molecule has 0 aliphatic rings. The molecule has 0 aliphatic carbocycles. The lowest BCUT2D eigenvalue weighted by Gasteiger charge is -2.20. The molecule has 8 nitrogen and oxygen atoms in total. The van der Waals surface area contributed by atoms with Gasteiger partial charge in [-0.15, -0.1) is 0 Å². The van der Waals surface area contributed by atoms with E-state index in [0.29, 0.717) is 54.9 Å². The SMILES string of the molecule is COCC[NH+](CCOC)Cc1c(O)ccc2c(-c3cc4ccccc4oc3=O)cc(=O)oc12. The molecule has 0 fully saturated rings. The third-order valence-corrected chi connectivity index (χ3v) is 5.67. The van der Waals surface area contributed by atoms with E-state index in [4.69, 9.17) is 18.3 Å². The molecule has 0 bridgehead atoms. The number of phenolic OH excluding ortho intramolecular Hbond substituents is 1. The number of ether oxygens (including phenoxy) is 2. The predicted molar refractivity (Wildman–Crippen MR) is 124 cm³/mol. The zero-order valence-corrected chi connectivity index (χ0v) is 18.6. The molecule has 0 amide bonds. The highest BCUT2D eigenvalue weighted by Crippen LogP contribution is 2.32. The molecule has 0 spiro atoms. The van der Waals surface area contributed by atoms with Crippen molar-refractivity contribution in [2.75, 3.05) is 40.5 Å². The average Bonchev–Trinajstić information content (AvgIpc) is 2.81. The smallest absolute Gasteiger partial charge is 0.344 e. The van der Waals surface area contributed by atoms with E-state index in [-0.39, 0.29) is 16.9 Å². The van der Waals surface area contributed by atoms with Crippen LogP contribution in [-0.4, -0.2) is 45.6 Å². The van der Waals surface area contributed by atoms with Crippen LogP contribution in [-0.2, 0) is 16.0 Å². The summed E-state index contributed by atoms with van der Waals surface area (Å²) in [4.78, 5) is 26.4. The third-order valence-electron chi connectivity index (χ3n) is 5.67. The van der Waals surface area contributed by atoms with Gasteiger partial charge in [0.05, 0.1) is 24.3 Å². The van der Waals surface area contributed by atoms with E-state index in [0.717, 1.165) is 10.3 Å². The molecule has 2 N–H and O–H groups in total. The van der Waals surface area contributed by atoms with Crippen molar-refractivity contribution in [3.05, 3.63) is 74.9 Å². The first kappa shape index (κ1) is 22.7. The topological polar surface area (TPSA) is 104 Å². The van der Waals surface area contributed by atoms with E-state index in [1.54, 1.807) is 44.6 Å². The number of hydrogen-bond acceptors (Lipinski definition) is 7. The molecule has 4 rings (SSSR count). The average molecular weight is 452 g/mol. The van der Waals surface area contributed by atoms with Gasteiger partial charge in [-0.25, -0.2) is 9.59 Å². The minimum absolute atomic E-state index is 0.0145. The van der Waals surface area contributed by atoms with Crippen LogP contribution in [0.15, 0.2) is 67.0 Å². The lowest BCUT2D eigenvalue weighted by molar-refractivity contribution is -0.914. The first-order chi connectivity index (χ1) is 16.0. The number of quaternary nitrogens is 1. The molecule has 2 aromatic heterocycles. The molecule has 4 aromatic rings. The van der Waals surface area contributed by atoms with E-state index >= 15 is 0 Å². The van der Waals surface area contributed by atoms with Crippen LogP contribution in [0.4, 0.5) is 0 Å². The lowest BCUT2D eigenvalue weighted by Crippen LogP contribution is -3.11. The van der Waals surface area contributed by atoms with Crippen molar-refractivity contribution in [2.45, 2.75) is 6.54 Å². The second-order valence-corrected chi connectivity index (χ2v) is 7.82. The maximum atomic E-state index is 12.8. The van der Waals surface area contributed by atoms with Crippen molar-refractivity contribution in [3.8, 4) is 16.9 Å². The van der Waals surface area contributed by atoms with Gasteiger partial charge >= 0.3 is 11.3 Å². The van der Waals surface area contributed by atoms with Crippen molar-refractivity contribution >= 4 is 21.9 Å². The van der Waals surface area contributed by atoms with Gasteiger partial charge in [-0.1, -0.05) is 18.2 Å². The number of aromatic hydroxyl groups is 1. The van der Waals surface area contributed by atoms with Gasteiger partial charge in [0.15, 0.2) is 5.58 Å². The predicted octanol–water partition coefficient (Wildman–Crippen LogP) is 1.95. The summed E-state index contributed by atoms with van der Waals surface area (Å²) in [5.41, 5.74) is 0.682. The lowest BCUT2D eigenvalue weighted by atomic mass is 9.99. The highest BCUT2D eigenvalue weighted by atomic mass is 16.5. The van der Waals surface area contributed by atoms with Crippen LogP contribution in [0.1, 0.15) is 5.56 Å². The summed E-state index contributed by atoms with van der Waals surface area (Å²) >= 11 is 0. The van der Waals surface area contributed by atoms with Crippen LogP contribution in [0, 0.1) is 0 Å². The standard InChI is InChI=1S/C25H25NO7/c1-30-11-9-26(10-12-31-2)15-20-21(27)8-7-17-18(14-23(28)33-24(17)20)19-13-16-5-3-4-6-22(16)32-25(19)29/h3-8,13-14,27H,9-12,15H2,1-2H3/p+1. The normalized spacial score (nSPS) is 11.6. The summed E-state index contributed by atoms with van der Waals surface area (Å²) in [6.45, 7) is 2.78. The summed E-state index contributed by atoms with van der Waals surface area (Å²) in [5.74, 6) is 0.0145. The number of nitrogens with one attached hydrogen (secondary N) is 1. The number of phenols is 1. The second-order valence-electron chi connectivity index (χ2n) is 7.82. The molecule has 0 atom stereocenters. The van der Waals surface area contributed by atoms with E-state index in [1.807, 2.05) is 12.1 Å². The maximum Gasteiger partial charge on any atom is 0.344 e. The van der Waals surface area contributed by atoms with Crippen LogP contribution in [0.25, 0.3) is 33.1 Å². The van der Waals surface area contributed by atoms with E-state index in [9.17, 15) is 14.7 Å². The van der Waals surface area contributed by atoms with Gasteiger partial charge in [0, 0.05) is 36.6 Å². The zero-order chi connectivity index (χ0) is 23.4. The molecule has 0 aliphatic heterocycles. The monoisotopic (exact) mass is 452 g/mol. The van der Waals surface area contributed by atoms with Gasteiger partial charge in [0.25, 0.3) is 0 Å². The molecule has 0 saturated heterocycles. The van der Waals surface area contributed by atoms with Crippen molar-refractivity contribution in [1.82, 2.24) is 0 Å². The van der Waals surface area contributed by atoms with Gasteiger partial charge < -0.3 is 28.3 Å². The van der Waals surface area contributed by atoms with Crippen molar-refractivity contribution in [2.24, 2.45) is 0 Å². The quantitative estimate of drug-likeness (QED) is 0.374. The first-order valence-electron chi connectivity index (χ1n) is 10.6. The Bertz CT molecular complexity index is 1380. The summed E-state index contributed by atoms with van der Waals surface area (Å²) in [6, 6.07) is 13.4. The van der Waals surface area contributed by atoms with Crippen LogP contribution in [0.2, 0.25) is 0 Å². The number of fused-ring (bicyclic) bond motifs is 2. The molecule has 2 heterocycles. The second kappa shape index (κ2) is 9.99. The van der Waals surface area contributed by atoms with Gasteiger partial charge in [-0.05, 0) is 24.3 Å². The Morgan fingerprint density at radius 2 is 1.64 bits per heavy atom. The highest BCUT2D eigenvalue weighted by Gasteiger charge is 2.21. The Morgan fingerprint density at radius 3 is 2.36 bits per heavy atom. The fourth-order valence-corrected chi connectivity index (χ4v) is 3.96. The summed E-state index contributed by atoms with van der Waals surface area (Å²) in [5, 5.41) is 11.9. The molecule has 0 radical (unpaired) electrons. The fourth-order valence-electron chi connectivity index (χ4n) is 3.96. The Kier molecular flexibility index (Phi) is 6.88. The van der Waals surface area contributed by atoms with Gasteiger partial charge in [0.1, 0.15) is 31.0 Å². The third kappa shape index (κ3) is 4.83. The van der Waals surface area contributed by atoms with Crippen LogP contribution >= 0.6 is 0 Å². The first-order valence-corrected chi connectivity index (χ1v) is 10.6. The minimum atomic E-state index is -0.618. The highest BCUT2D eigenvalue weighted by molar-refractivity contribution is 5.96. The number of methoxy groups -OCH3 is 2. The summed E-state index contributed by atoms with van der Waals surface area (Å²) in [6.07, 6.45) is 0. The Labute approximate surface area is 189 Å². The molecular formula is C25H26NO7+. The van der Waals surface area contributed by atoms with E-state index in [2.05, 4.69) is 0 Å². The molecule has 0 saturated carbocycles. The molecule has 172 valence electrons. The molecular weight excluding hydrogens is 426 g/mol. The van der Waals surface area contributed by atoms with E-state index < -0.39 is 11.3 Å². The van der Waals surface area contributed by atoms with E-state index in [1.165, 1.54) is 6.07 Å². The molecule has 0 unspecified atom stereocenters. The number of rotatable bonds is 9.